The van der Waals surface area contributed by atoms with Gasteiger partial charge in [-0.1, -0.05) is 40.2 Å². The summed E-state index contributed by atoms with van der Waals surface area (Å²) >= 11 is 10.8. The van der Waals surface area contributed by atoms with Crippen molar-refractivity contribution in [1.29, 1.82) is 0 Å². The molecule has 1 aliphatic rings. The number of hydrogen-bond acceptors (Lipinski definition) is 4. The SMILES string of the molecule is O=C1NC(=S)N(c2ccccc2F)C(=O)/C1=C/c1cc(Br)ccc1OCc1ccc(I)cc1. The van der Waals surface area contributed by atoms with Crippen LogP contribution in [0.25, 0.3) is 6.08 Å². The molecule has 33 heavy (non-hydrogen) atoms. The third-order valence-electron chi connectivity index (χ3n) is 4.77. The van der Waals surface area contributed by atoms with E-state index in [1.807, 2.05) is 24.3 Å². The third-order valence-corrected chi connectivity index (χ3v) is 6.27. The molecule has 1 fully saturated rings. The fourth-order valence-corrected chi connectivity index (χ4v) is 4.18. The second kappa shape index (κ2) is 10.1. The van der Waals surface area contributed by atoms with E-state index in [0.717, 1.165) is 18.5 Å². The van der Waals surface area contributed by atoms with E-state index < -0.39 is 17.6 Å². The maximum Gasteiger partial charge on any atom is 0.270 e. The summed E-state index contributed by atoms with van der Waals surface area (Å²) < 4.78 is 22.2. The first-order valence-corrected chi connectivity index (χ1v) is 11.9. The quantitative estimate of drug-likeness (QED) is 0.171. The summed E-state index contributed by atoms with van der Waals surface area (Å²) in [6, 6.07) is 18.9. The lowest BCUT2D eigenvalue weighted by molar-refractivity contribution is -0.122. The first-order valence-electron chi connectivity index (χ1n) is 9.66. The smallest absolute Gasteiger partial charge is 0.270 e. The summed E-state index contributed by atoms with van der Waals surface area (Å²) in [5, 5.41) is 2.28. The molecule has 3 aromatic carbocycles. The molecule has 1 aliphatic heterocycles. The number of nitrogens with one attached hydrogen (secondary N) is 1. The van der Waals surface area contributed by atoms with Crippen molar-refractivity contribution in [2.24, 2.45) is 0 Å². The molecule has 0 atom stereocenters. The van der Waals surface area contributed by atoms with Crippen molar-refractivity contribution in [3.63, 3.8) is 0 Å². The zero-order valence-corrected chi connectivity index (χ0v) is 21.4. The lowest BCUT2D eigenvalue weighted by atomic mass is 10.1. The first kappa shape index (κ1) is 23.5. The van der Waals surface area contributed by atoms with Crippen LogP contribution in [0.1, 0.15) is 11.1 Å². The molecule has 0 bridgehead atoms. The third kappa shape index (κ3) is 5.31. The van der Waals surface area contributed by atoms with Crippen LogP contribution >= 0.6 is 50.7 Å². The minimum atomic E-state index is -0.725. The van der Waals surface area contributed by atoms with E-state index >= 15 is 0 Å². The molecule has 9 heteroatoms. The highest BCUT2D eigenvalue weighted by Crippen LogP contribution is 2.29. The van der Waals surface area contributed by atoms with E-state index in [1.165, 1.54) is 24.3 Å². The van der Waals surface area contributed by atoms with Gasteiger partial charge in [0.1, 0.15) is 23.7 Å². The normalized spacial score (nSPS) is 15.1. The van der Waals surface area contributed by atoms with Crippen LogP contribution < -0.4 is 15.0 Å². The first-order chi connectivity index (χ1) is 15.8. The van der Waals surface area contributed by atoms with Gasteiger partial charge in [0.2, 0.25) is 0 Å². The molecule has 5 nitrogen and oxygen atoms in total. The van der Waals surface area contributed by atoms with Crippen LogP contribution in [0.3, 0.4) is 0 Å². The molecule has 1 saturated heterocycles. The van der Waals surface area contributed by atoms with Gasteiger partial charge in [-0.2, -0.15) is 0 Å². The number of rotatable bonds is 5. The Morgan fingerprint density at radius 2 is 1.82 bits per heavy atom. The number of thiocarbonyl (C=S) groups is 1. The summed E-state index contributed by atoms with van der Waals surface area (Å²) in [5.74, 6) is -1.54. The van der Waals surface area contributed by atoms with E-state index in [2.05, 4.69) is 43.8 Å². The molecule has 0 spiro atoms. The Bertz CT molecular complexity index is 1300. The van der Waals surface area contributed by atoms with Crippen LogP contribution in [0.4, 0.5) is 10.1 Å². The van der Waals surface area contributed by atoms with Crippen LogP contribution in [0, 0.1) is 9.39 Å². The van der Waals surface area contributed by atoms with Crippen LogP contribution in [0.5, 0.6) is 5.75 Å². The predicted molar refractivity (Wildman–Crippen MR) is 140 cm³/mol. The molecule has 0 radical (unpaired) electrons. The number of nitrogens with zero attached hydrogens (tertiary/aromatic N) is 1. The zero-order chi connectivity index (χ0) is 23.5. The number of para-hydroxylation sites is 1. The number of ether oxygens (including phenoxy) is 1. The van der Waals surface area contributed by atoms with Crippen LogP contribution in [0.15, 0.2) is 76.8 Å². The van der Waals surface area contributed by atoms with E-state index in [9.17, 15) is 14.0 Å². The van der Waals surface area contributed by atoms with Gasteiger partial charge in [-0.15, -0.1) is 0 Å². The van der Waals surface area contributed by atoms with E-state index in [4.69, 9.17) is 17.0 Å². The molecule has 0 unspecified atom stereocenters. The average Bonchev–Trinajstić information content (AvgIpc) is 2.78. The summed E-state index contributed by atoms with van der Waals surface area (Å²) in [4.78, 5) is 26.8. The van der Waals surface area contributed by atoms with Crippen LogP contribution in [-0.2, 0) is 16.2 Å². The molecule has 166 valence electrons. The number of carbonyl (C=O) groups excluding carboxylic acids is 2. The highest BCUT2D eigenvalue weighted by molar-refractivity contribution is 14.1. The summed E-state index contributed by atoms with van der Waals surface area (Å²) in [7, 11) is 0. The molecule has 2 amide bonds. The number of benzene rings is 3. The van der Waals surface area contributed by atoms with Gasteiger partial charge in [0.05, 0.1) is 5.69 Å². The van der Waals surface area contributed by atoms with E-state index in [0.29, 0.717) is 17.9 Å². The Morgan fingerprint density at radius 3 is 2.55 bits per heavy atom. The molecule has 4 rings (SSSR count). The maximum absolute atomic E-state index is 14.4. The fraction of sp³-hybridized carbons (Fsp3) is 0.0417. The Hall–Kier alpha value is -2.63. The van der Waals surface area contributed by atoms with Gasteiger partial charge in [0.25, 0.3) is 11.8 Å². The molecule has 0 saturated carbocycles. The second-order valence-electron chi connectivity index (χ2n) is 7.01. The minimum Gasteiger partial charge on any atom is -0.488 e. The monoisotopic (exact) mass is 636 g/mol. The standard InChI is InChI=1S/C24H15BrFIN2O3S/c25-16-7-10-21(32-13-14-5-8-17(27)9-6-14)15(11-16)12-18-22(30)28-24(33)29(23(18)31)20-4-2-1-3-19(20)26/h1-12H,13H2,(H,28,30,33)/b18-12+. The number of amides is 2. The van der Waals surface area contributed by atoms with Gasteiger partial charge in [0, 0.05) is 13.6 Å². The number of anilines is 1. The van der Waals surface area contributed by atoms with Gasteiger partial charge in [-0.25, -0.2) is 9.29 Å². The van der Waals surface area contributed by atoms with Gasteiger partial charge in [-0.3, -0.25) is 14.9 Å². The summed E-state index contributed by atoms with van der Waals surface area (Å²) in [6.45, 7) is 0.306. The van der Waals surface area contributed by atoms with Crippen molar-refractivity contribution in [3.8, 4) is 5.75 Å². The number of carbonyl (C=O) groups is 2. The molecule has 3 aromatic rings. The number of hydrogen-bond donors (Lipinski definition) is 1. The lowest BCUT2D eigenvalue weighted by Crippen LogP contribution is -2.54. The number of halogens is 3. The van der Waals surface area contributed by atoms with Crippen LogP contribution in [-0.4, -0.2) is 16.9 Å². The van der Waals surface area contributed by atoms with Gasteiger partial charge >= 0.3 is 0 Å². The maximum atomic E-state index is 14.4. The molecule has 0 aliphatic carbocycles. The Morgan fingerprint density at radius 1 is 1.09 bits per heavy atom. The van der Waals surface area contributed by atoms with Crippen molar-refractivity contribution >= 4 is 79.4 Å². The van der Waals surface area contributed by atoms with Gasteiger partial charge in [0.15, 0.2) is 5.11 Å². The Kier molecular flexibility index (Phi) is 7.20. The Balaban J connectivity index is 1.68. The highest BCUT2D eigenvalue weighted by Gasteiger charge is 2.35. The fourth-order valence-electron chi connectivity index (χ4n) is 3.17. The van der Waals surface area contributed by atoms with Crippen molar-refractivity contribution in [1.82, 2.24) is 5.32 Å². The minimum absolute atomic E-state index is 0.0391. The van der Waals surface area contributed by atoms with Crippen molar-refractivity contribution in [3.05, 3.63) is 97.3 Å². The van der Waals surface area contributed by atoms with E-state index in [1.54, 1.807) is 24.3 Å². The molecular formula is C24H15BrFIN2O3S. The highest BCUT2D eigenvalue weighted by atomic mass is 127. The van der Waals surface area contributed by atoms with E-state index in [-0.39, 0.29) is 16.4 Å². The molecule has 1 heterocycles. The molecule has 1 N–H and O–H groups in total. The topological polar surface area (TPSA) is 58.6 Å². The van der Waals surface area contributed by atoms with Crippen molar-refractivity contribution in [2.75, 3.05) is 4.90 Å². The molecular weight excluding hydrogens is 622 g/mol. The largest absolute Gasteiger partial charge is 0.488 e. The van der Waals surface area contributed by atoms with Gasteiger partial charge in [-0.05, 0) is 88.9 Å². The lowest BCUT2D eigenvalue weighted by Gasteiger charge is -2.29. The van der Waals surface area contributed by atoms with Gasteiger partial charge < -0.3 is 4.74 Å². The predicted octanol–water partition coefficient (Wildman–Crippen LogP) is 5.60. The van der Waals surface area contributed by atoms with Crippen molar-refractivity contribution in [2.45, 2.75) is 6.61 Å². The summed E-state index contributed by atoms with van der Waals surface area (Å²) in [6.07, 6.45) is 1.42. The van der Waals surface area contributed by atoms with Crippen LogP contribution in [0.2, 0.25) is 0 Å². The zero-order valence-electron chi connectivity index (χ0n) is 16.8. The average molecular weight is 637 g/mol. The van der Waals surface area contributed by atoms with Crippen molar-refractivity contribution < 1.29 is 18.7 Å². The Labute approximate surface area is 216 Å². The second-order valence-corrected chi connectivity index (χ2v) is 9.55. The molecule has 0 aromatic heterocycles. The summed E-state index contributed by atoms with van der Waals surface area (Å²) in [5.41, 5.74) is 1.25.